The van der Waals surface area contributed by atoms with Crippen LogP contribution in [-0.2, 0) is 4.79 Å². The van der Waals surface area contributed by atoms with E-state index in [0.717, 1.165) is 16.7 Å². The Hall–Kier alpha value is -2.40. The third-order valence-corrected chi connectivity index (χ3v) is 5.61. The highest BCUT2D eigenvalue weighted by atomic mass is 79.9. The molecule has 0 atom stereocenters. The minimum absolute atomic E-state index is 0.102. The Bertz CT molecular complexity index is 1050. The minimum Gasteiger partial charge on any atom is -0.490 e. The van der Waals surface area contributed by atoms with Gasteiger partial charge in [0, 0.05) is 9.50 Å². The molecule has 0 N–H and O–H groups in total. The number of rotatable bonds is 6. The quantitative estimate of drug-likeness (QED) is 0.379. The molecule has 0 radical (unpaired) electrons. The van der Waals surface area contributed by atoms with Crippen molar-refractivity contribution in [3.63, 3.8) is 0 Å². The summed E-state index contributed by atoms with van der Waals surface area (Å²) in [6.07, 6.45) is 6.89. The molecule has 2 amide bonds. The Morgan fingerprint density at radius 2 is 2.00 bits per heavy atom. The number of carbonyl (C=O) groups excluding carboxylic acids is 2. The second kappa shape index (κ2) is 9.40. The van der Waals surface area contributed by atoms with Gasteiger partial charge in [0.05, 0.1) is 17.2 Å². The predicted molar refractivity (Wildman–Crippen MR) is 120 cm³/mol. The highest BCUT2D eigenvalue weighted by Crippen LogP contribution is 2.39. The number of amides is 2. The normalized spacial score (nSPS) is 15.0. The zero-order chi connectivity index (χ0) is 21.0. The van der Waals surface area contributed by atoms with Gasteiger partial charge in [-0.05, 0) is 60.7 Å². The number of terminal acetylenes is 1. The van der Waals surface area contributed by atoms with Crippen molar-refractivity contribution in [2.75, 3.05) is 18.1 Å². The number of thioether (sulfide) groups is 1. The van der Waals surface area contributed by atoms with Crippen LogP contribution >= 0.6 is 39.3 Å². The highest BCUT2D eigenvalue weighted by Gasteiger charge is 2.36. The molecule has 0 spiro atoms. The van der Waals surface area contributed by atoms with Crippen molar-refractivity contribution in [2.45, 2.75) is 6.92 Å². The van der Waals surface area contributed by atoms with Crippen molar-refractivity contribution < 1.29 is 19.1 Å². The topological polar surface area (TPSA) is 55.8 Å². The van der Waals surface area contributed by atoms with Crippen molar-refractivity contribution >= 4 is 62.2 Å². The average Bonchev–Trinajstić information content (AvgIpc) is 2.96. The van der Waals surface area contributed by atoms with Gasteiger partial charge >= 0.3 is 0 Å². The van der Waals surface area contributed by atoms with Gasteiger partial charge < -0.3 is 9.47 Å². The summed E-state index contributed by atoms with van der Waals surface area (Å²) in [6, 6.07) is 10.0. The minimum atomic E-state index is -0.417. The number of halogens is 2. The maximum atomic E-state index is 12.8. The molecule has 0 bridgehead atoms. The molecule has 2 aromatic carbocycles. The number of imide groups is 1. The van der Waals surface area contributed by atoms with Crippen LogP contribution in [0.4, 0.5) is 10.5 Å². The molecule has 0 aliphatic carbocycles. The van der Waals surface area contributed by atoms with E-state index in [1.165, 1.54) is 0 Å². The fourth-order valence-corrected chi connectivity index (χ4v) is 4.06. The molecule has 1 heterocycles. The van der Waals surface area contributed by atoms with E-state index in [-0.39, 0.29) is 11.5 Å². The van der Waals surface area contributed by atoms with Crippen molar-refractivity contribution in [3.05, 3.63) is 56.4 Å². The first-order valence-corrected chi connectivity index (χ1v) is 10.5. The van der Waals surface area contributed by atoms with E-state index in [4.69, 9.17) is 27.5 Å². The number of nitrogens with zero attached hydrogens (tertiary/aromatic N) is 1. The lowest BCUT2D eigenvalue weighted by Gasteiger charge is -2.13. The second-order valence-electron chi connectivity index (χ2n) is 5.74. The Morgan fingerprint density at radius 1 is 1.24 bits per heavy atom. The summed E-state index contributed by atoms with van der Waals surface area (Å²) < 4.78 is 11.8. The van der Waals surface area contributed by atoms with Gasteiger partial charge in [-0.25, -0.2) is 4.90 Å². The van der Waals surface area contributed by atoms with Gasteiger partial charge in [-0.1, -0.05) is 39.5 Å². The van der Waals surface area contributed by atoms with Gasteiger partial charge in [-0.15, -0.1) is 6.42 Å². The molecule has 5 nitrogen and oxygen atoms in total. The summed E-state index contributed by atoms with van der Waals surface area (Å²) in [7, 11) is 0. The molecule has 1 saturated heterocycles. The lowest BCUT2D eigenvalue weighted by molar-refractivity contribution is -0.113. The molecule has 148 valence electrons. The Kier molecular flexibility index (Phi) is 6.91. The first kappa shape index (κ1) is 21.3. The number of ether oxygens (including phenoxy) is 2. The fourth-order valence-electron chi connectivity index (χ4n) is 2.61. The van der Waals surface area contributed by atoms with Crippen molar-refractivity contribution in [1.82, 2.24) is 0 Å². The Balaban J connectivity index is 1.95. The van der Waals surface area contributed by atoms with Crippen LogP contribution in [0.3, 0.4) is 0 Å². The average molecular weight is 493 g/mol. The van der Waals surface area contributed by atoms with Gasteiger partial charge in [0.2, 0.25) is 0 Å². The monoisotopic (exact) mass is 491 g/mol. The first-order chi connectivity index (χ1) is 13.9. The summed E-state index contributed by atoms with van der Waals surface area (Å²) >= 11 is 10.3. The summed E-state index contributed by atoms with van der Waals surface area (Å²) in [5, 5.41) is 0.0517. The lowest BCUT2D eigenvalue weighted by Crippen LogP contribution is -2.27. The third kappa shape index (κ3) is 4.78. The van der Waals surface area contributed by atoms with Gasteiger partial charge in [0.1, 0.15) is 6.61 Å². The summed E-state index contributed by atoms with van der Waals surface area (Å²) in [5.41, 5.74) is 1.09. The highest BCUT2D eigenvalue weighted by molar-refractivity contribution is 9.10. The predicted octanol–water partition coefficient (Wildman–Crippen LogP) is 5.75. The second-order valence-corrected chi connectivity index (χ2v) is 8.03. The molecule has 8 heteroatoms. The fraction of sp³-hybridized carbons (Fsp3) is 0.143. The summed E-state index contributed by atoms with van der Waals surface area (Å²) in [4.78, 5) is 26.7. The van der Waals surface area contributed by atoms with E-state index in [0.29, 0.717) is 38.9 Å². The first-order valence-electron chi connectivity index (χ1n) is 8.50. The molecule has 3 rings (SSSR count). The van der Waals surface area contributed by atoms with E-state index in [1.54, 1.807) is 42.5 Å². The zero-order valence-electron chi connectivity index (χ0n) is 15.3. The van der Waals surface area contributed by atoms with Gasteiger partial charge in [0.25, 0.3) is 11.1 Å². The third-order valence-electron chi connectivity index (χ3n) is 3.82. The van der Waals surface area contributed by atoms with Crippen LogP contribution in [0.5, 0.6) is 11.5 Å². The van der Waals surface area contributed by atoms with E-state index in [2.05, 4.69) is 21.9 Å². The maximum absolute atomic E-state index is 12.8. The van der Waals surface area contributed by atoms with Crippen LogP contribution in [0.15, 0.2) is 45.8 Å². The molecule has 29 heavy (non-hydrogen) atoms. The summed E-state index contributed by atoms with van der Waals surface area (Å²) in [6.45, 7) is 2.38. The lowest BCUT2D eigenvalue weighted by atomic mass is 10.1. The SMILES string of the molecule is C#CCOc1cc(Br)c(/C=C2/SC(=O)N(c3cccc(Cl)c3)C2=O)cc1OCC. The molecule has 1 fully saturated rings. The molecular weight excluding hydrogens is 478 g/mol. The zero-order valence-corrected chi connectivity index (χ0v) is 18.4. The van der Waals surface area contributed by atoms with E-state index < -0.39 is 11.1 Å². The maximum Gasteiger partial charge on any atom is 0.298 e. The van der Waals surface area contributed by atoms with Crippen LogP contribution in [0, 0.1) is 12.3 Å². The molecule has 2 aromatic rings. The van der Waals surface area contributed by atoms with E-state index in [9.17, 15) is 9.59 Å². The number of carbonyl (C=O) groups is 2. The summed E-state index contributed by atoms with van der Waals surface area (Å²) in [5.74, 6) is 2.97. The van der Waals surface area contributed by atoms with Crippen molar-refractivity contribution in [2.24, 2.45) is 0 Å². The van der Waals surface area contributed by atoms with Gasteiger partial charge in [-0.3, -0.25) is 9.59 Å². The number of anilines is 1. The number of hydrogen-bond acceptors (Lipinski definition) is 5. The Morgan fingerprint density at radius 3 is 2.69 bits per heavy atom. The molecule has 0 aromatic heterocycles. The van der Waals surface area contributed by atoms with E-state index >= 15 is 0 Å². The molecule has 1 aliphatic heterocycles. The van der Waals surface area contributed by atoms with E-state index in [1.807, 2.05) is 6.92 Å². The molecular formula is C21H15BrClNO4S. The van der Waals surface area contributed by atoms with Crippen molar-refractivity contribution in [1.29, 1.82) is 0 Å². The number of benzene rings is 2. The van der Waals surface area contributed by atoms with Crippen LogP contribution in [0.1, 0.15) is 12.5 Å². The van der Waals surface area contributed by atoms with Crippen LogP contribution in [0.2, 0.25) is 5.02 Å². The largest absolute Gasteiger partial charge is 0.490 e. The van der Waals surface area contributed by atoms with Crippen LogP contribution < -0.4 is 14.4 Å². The smallest absolute Gasteiger partial charge is 0.298 e. The molecule has 1 aliphatic rings. The van der Waals surface area contributed by atoms with Crippen LogP contribution in [0.25, 0.3) is 6.08 Å². The van der Waals surface area contributed by atoms with Gasteiger partial charge in [0.15, 0.2) is 11.5 Å². The number of hydrogen-bond donors (Lipinski definition) is 0. The van der Waals surface area contributed by atoms with Gasteiger partial charge in [-0.2, -0.15) is 0 Å². The van der Waals surface area contributed by atoms with Crippen LogP contribution in [-0.4, -0.2) is 24.4 Å². The standard InChI is InChI=1S/C21H15BrClNO4S/c1-3-8-28-18-12-16(22)13(9-17(18)27-4-2)10-19-20(25)24(21(26)29-19)15-7-5-6-14(23)11-15/h1,5-7,9-12H,4,8H2,2H3/b19-10+. The molecule has 0 unspecified atom stereocenters. The Labute approximate surface area is 186 Å². The van der Waals surface area contributed by atoms with Crippen molar-refractivity contribution in [3.8, 4) is 23.8 Å². The molecule has 0 saturated carbocycles.